The molecular formula is C20H17F5N2O2. The fourth-order valence-electron chi connectivity index (χ4n) is 2.87. The number of rotatable bonds is 5. The molecule has 9 heteroatoms. The van der Waals surface area contributed by atoms with E-state index in [0.29, 0.717) is 0 Å². The van der Waals surface area contributed by atoms with Crippen molar-refractivity contribution in [2.45, 2.75) is 5.92 Å². The highest BCUT2D eigenvalue weighted by atomic mass is 19.3. The smallest absolute Gasteiger partial charge is 0.314 e. The van der Waals surface area contributed by atoms with Crippen LogP contribution in [0.2, 0.25) is 0 Å². The molecule has 0 atom stereocenters. The van der Waals surface area contributed by atoms with Crippen molar-refractivity contribution in [1.29, 1.82) is 0 Å². The van der Waals surface area contributed by atoms with Crippen LogP contribution in [0, 0.1) is 17.5 Å². The maximum atomic E-state index is 14.9. The number of ether oxygens (including phenoxy) is 1. The molecule has 0 aliphatic carbocycles. The Bertz CT molecular complexity index is 942. The molecule has 0 saturated carbocycles. The van der Waals surface area contributed by atoms with Crippen molar-refractivity contribution in [1.82, 2.24) is 4.90 Å². The number of carbonyl (C=O) groups excluding carboxylic acids is 1. The van der Waals surface area contributed by atoms with E-state index < -0.39 is 40.5 Å². The highest BCUT2D eigenvalue weighted by Gasteiger charge is 2.41. The van der Waals surface area contributed by atoms with Gasteiger partial charge in [0.25, 0.3) is 5.91 Å². The maximum absolute atomic E-state index is 14.9. The predicted octanol–water partition coefficient (Wildman–Crippen LogP) is 4.29. The minimum atomic E-state index is -3.76. The average molecular weight is 412 g/mol. The van der Waals surface area contributed by atoms with E-state index in [0.717, 1.165) is 36.4 Å². The normalized spacial score (nSPS) is 14.6. The predicted molar refractivity (Wildman–Crippen MR) is 96.1 cm³/mol. The fraction of sp³-hybridized carbons (Fsp3) is 0.250. The van der Waals surface area contributed by atoms with E-state index in [2.05, 4.69) is 11.9 Å². The number of nitrogens with one attached hydrogen (secondary N) is 1. The van der Waals surface area contributed by atoms with Crippen LogP contribution in [0.4, 0.5) is 27.6 Å². The van der Waals surface area contributed by atoms with Crippen molar-refractivity contribution in [2.24, 2.45) is 0 Å². The Morgan fingerprint density at radius 2 is 1.66 bits per heavy atom. The molecule has 0 bridgehead atoms. The molecule has 1 saturated heterocycles. The summed E-state index contributed by atoms with van der Waals surface area (Å²) >= 11 is 0. The van der Waals surface area contributed by atoms with E-state index in [1.807, 2.05) is 0 Å². The SMILES string of the molecule is C=C(N1CCOCC1)C(F)(F)c1cc(C(=O)Nc2ccc(F)c(F)c2)ccc1F. The second-order valence-electron chi connectivity index (χ2n) is 6.40. The first-order valence-corrected chi connectivity index (χ1v) is 8.66. The van der Waals surface area contributed by atoms with E-state index in [1.165, 1.54) is 4.90 Å². The number of hydrogen-bond donors (Lipinski definition) is 1. The number of anilines is 1. The first-order valence-electron chi connectivity index (χ1n) is 8.66. The highest BCUT2D eigenvalue weighted by Crippen LogP contribution is 2.38. The van der Waals surface area contributed by atoms with Gasteiger partial charge in [-0.25, -0.2) is 13.2 Å². The number of halogens is 5. The zero-order chi connectivity index (χ0) is 21.2. The first-order chi connectivity index (χ1) is 13.7. The Hall–Kier alpha value is -2.94. The van der Waals surface area contributed by atoms with E-state index in [4.69, 9.17) is 4.74 Å². The van der Waals surface area contributed by atoms with Crippen molar-refractivity contribution >= 4 is 11.6 Å². The standard InChI is InChI=1S/C20H17F5N2O2/c1-12(27-6-8-29-9-7-27)20(24,25)15-10-13(2-4-16(15)21)19(28)26-14-3-5-17(22)18(23)11-14/h2-5,10-11H,1,6-9H2,(H,26,28). The van der Waals surface area contributed by atoms with Crippen LogP contribution in [0.25, 0.3) is 0 Å². The Morgan fingerprint density at radius 1 is 1.00 bits per heavy atom. The number of allylic oxidation sites excluding steroid dienone is 1. The lowest BCUT2D eigenvalue weighted by Gasteiger charge is -2.34. The quantitative estimate of drug-likeness (QED) is 0.745. The average Bonchev–Trinajstić information content (AvgIpc) is 2.71. The molecule has 1 N–H and O–H groups in total. The molecule has 1 aliphatic rings. The number of amides is 1. The van der Waals surface area contributed by atoms with Gasteiger partial charge in [-0.2, -0.15) is 8.78 Å². The summed E-state index contributed by atoms with van der Waals surface area (Å²) in [6, 6.07) is 5.14. The number of benzene rings is 2. The van der Waals surface area contributed by atoms with Crippen molar-refractivity contribution in [3.63, 3.8) is 0 Å². The molecule has 1 aliphatic heterocycles. The third-order valence-electron chi connectivity index (χ3n) is 4.50. The largest absolute Gasteiger partial charge is 0.378 e. The van der Waals surface area contributed by atoms with Crippen LogP contribution in [0.1, 0.15) is 15.9 Å². The third kappa shape index (κ3) is 4.40. The van der Waals surface area contributed by atoms with Gasteiger partial charge >= 0.3 is 5.92 Å². The topological polar surface area (TPSA) is 41.6 Å². The molecule has 29 heavy (non-hydrogen) atoms. The summed E-state index contributed by atoms with van der Waals surface area (Å²) in [5, 5.41) is 2.25. The van der Waals surface area contributed by atoms with Crippen molar-refractivity contribution < 1.29 is 31.5 Å². The Morgan fingerprint density at radius 3 is 2.31 bits per heavy atom. The number of alkyl halides is 2. The van der Waals surface area contributed by atoms with Gasteiger partial charge in [-0.3, -0.25) is 4.79 Å². The zero-order valence-corrected chi connectivity index (χ0v) is 15.2. The number of morpholine rings is 1. The lowest BCUT2D eigenvalue weighted by atomic mass is 10.0. The van der Waals surface area contributed by atoms with Crippen LogP contribution in [-0.4, -0.2) is 37.1 Å². The zero-order valence-electron chi connectivity index (χ0n) is 15.2. The van der Waals surface area contributed by atoms with Gasteiger partial charge in [-0.1, -0.05) is 6.58 Å². The van der Waals surface area contributed by atoms with Gasteiger partial charge in [0.1, 0.15) is 5.82 Å². The van der Waals surface area contributed by atoms with Crippen molar-refractivity contribution in [3.05, 3.63) is 77.3 Å². The fourth-order valence-corrected chi connectivity index (χ4v) is 2.87. The van der Waals surface area contributed by atoms with Crippen LogP contribution >= 0.6 is 0 Å². The van der Waals surface area contributed by atoms with Crippen molar-refractivity contribution in [2.75, 3.05) is 31.6 Å². The van der Waals surface area contributed by atoms with Gasteiger partial charge in [0.05, 0.1) is 24.5 Å². The van der Waals surface area contributed by atoms with Gasteiger partial charge in [0.15, 0.2) is 11.6 Å². The molecule has 2 aromatic carbocycles. The van der Waals surface area contributed by atoms with Crippen LogP contribution in [0.5, 0.6) is 0 Å². The van der Waals surface area contributed by atoms with E-state index in [9.17, 15) is 26.7 Å². The van der Waals surface area contributed by atoms with Gasteiger partial charge in [-0.05, 0) is 30.3 Å². The number of carbonyl (C=O) groups is 1. The molecule has 2 aromatic rings. The minimum Gasteiger partial charge on any atom is -0.378 e. The summed E-state index contributed by atoms with van der Waals surface area (Å²) < 4.78 is 75.4. The third-order valence-corrected chi connectivity index (χ3v) is 4.50. The Kier molecular flexibility index (Phi) is 5.88. The Balaban J connectivity index is 1.85. The molecule has 0 unspecified atom stereocenters. The minimum absolute atomic E-state index is 0.0794. The van der Waals surface area contributed by atoms with E-state index >= 15 is 0 Å². The van der Waals surface area contributed by atoms with E-state index in [1.54, 1.807) is 0 Å². The second-order valence-corrected chi connectivity index (χ2v) is 6.40. The molecule has 0 radical (unpaired) electrons. The molecular weight excluding hydrogens is 395 g/mol. The second kappa shape index (κ2) is 8.20. The molecule has 4 nitrogen and oxygen atoms in total. The first kappa shape index (κ1) is 20.8. The molecule has 154 valence electrons. The summed E-state index contributed by atoms with van der Waals surface area (Å²) in [6.45, 7) is 4.27. The summed E-state index contributed by atoms with van der Waals surface area (Å²) in [6.07, 6.45) is 0. The van der Waals surface area contributed by atoms with Crippen molar-refractivity contribution in [3.8, 4) is 0 Å². The maximum Gasteiger partial charge on any atom is 0.314 e. The van der Waals surface area contributed by atoms with E-state index in [-0.39, 0.29) is 37.6 Å². The molecule has 1 fully saturated rings. The van der Waals surface area contributed by atoms with Crippen LogP contribution < -0.4 is 5.32 Å². The number of hydrogen-bond acceptors (Lipinski definition) is 3. The van der Waals surface area contributed by atoms with Crippen LogP contribution in [-0.2, 0) is 10.7 Å². The molecule has 1 heterocycles. The molecule has 1 amide bonds. The summed E-state index contributed by atoms with van der Waals surface area (Å²) in [4.78, 5) is 13.6. The Labute approximate surface area is 163 Å². The molecule has 3 rings (SSSR count). The summed E-state index contributed by atoms with van der Waals surface area (Å²) in [5.74, 6) is -8.14. The van der Waals surface area contributed by atoms with Gasteiger partial charge in [0, 0.05) is 30.4 Å². The summed E-state index contributed by atoms with van der Waals surface area (Å²) in [7, 11) is 0. The van der Waals surface area contributed by atoms with Crippen LogP contribution in [0.3, 0.4) is 0 Å². The summed E-state index contributed by atoms with van der Waals surface area (Å²) in [5.41, 5.74) is -1.96. The van der Waals surface area contributed by atoms with Gasteiger partial charge < -0.3 is 15.0 Å². The monoisotopic (exact) mass is 412 g/mol. The van der Waals surface area contributed by atoms with Gasteiger partial charge in [-0.15, -0.1) is 0 Å². The van der Waals surface area contributed by atoms with Gasteiger partial charge in [0.2, 0.25) is 0 Å². The van der Waals surface area contributed by atoms with Crippen LogP contribution in [0.15, 0.2) is 48.7 Å². The molecule has 0 aromatic heterocycles. The number of nitrogens with zero attached hydrogens (tertiary/aromatic N) is 1. The lowest BCUT2D eigenvalue weighted by molar-refractivity contribution is -0.0219. The molecule has 0 spiro atoms. The highest BCUT2D eigenvalue weighted by molar-refractivity contribution is 6.04. The lowest BCUT2D eigenvalue weighted by Crippen LogP contribution is -2.40.